The summed E-state index contributed by atoms with van der Waals surface area (Å²) in [5.41, 5.74) is -1.18. The van der Waals surface area contributed by atoms with Crippen molar-refractivity contribution < 1.29 is 20.4 Å². The highest BCUT2D eigenvalue weighted by atomic mass is 16.6. The molecule has 2 aliphatic heterocycles. The van der Waals surface area contributed by atoms with Crippen molar-refractivity contribution in [1.82, 2.24) is 10.2 Å². The van der Waals surface area contributed by atoms with Crippen molar-refractivity contribution >= 4 is 18.0 Å². The van der Waals surface area contributed by atoms with E-state index >= 15 is 0 Å². The molecule has 0 aliphatic carbocycles. The molecule has 1 N–H and O–H groups in total. The number of carbonyl (C=O) groups is 2. The lowest BCUT2D eigenvalue weighted by atomic mass is 9.84. The summed E-state index contributed by atoms with van der Waals surface area (Å²) in [5.74, 6) is 0.0525. The predicted molar refractivity (Wildman–Crippen MR) is 105 cm³/mol. The first-order chi connectivity index (χ1) is 13.1. The Labute approximate surface area is 163 Å². The lowest BCUT2D eigenvalue weighted by Gasteiger charge is -2.46. The van der Waals surface area contributed by atoms with Crippen molar-refractivity contribution in [2.24, 2.45) is 4.99 Å². The molecule has 0 spiro atoms. The maximum atomic E-state index is 13.2. The predicted octanol–water partition coefficient (Wildman–Crippen LogP) is 3.39. The molecule has 152 valence electrons. The number of guanidine groups is 1. The minimum absolute atomic E-state index is 0.129. The van der Waals surface area contributed by atoms with Gasteiger partial charge in [-0.3, -0.25) is 9.69 Å². The van der Waals surface area contributed by atoms with Crippen LogP contribution in [0.15, 0.2) is 17.6 Å². The van der Waals surface area contributed by atoms with E-state index in [-0.39, 0.29) is 30.9 Å². The highest BCUT2D eigenvalue weighted by Crippen LogP contribution is 2.30. The van der Waals surface area contributed by atoms with E-state index in [0.717, 1.165) is 6.42 Å². The van der Waals surface area contributed by atoms with Crippen LogP contribution in [0, 0.1) is 0 Å². The summed E-state index contributed by atoms with van der Waals surface area (Å²) < 4.78 is 19.0. The van der Waals surface area contributed by atoms with Crippen LogP contribution in [-0.4, -0.2) is 53.3 Å². The second-order valence-electron chi connectivity index (χ2n) is 8.11. The first-order valence-corrected chi connectivity index (χ1v) is 9.63. The zero-order chi connectivity index (χ0) is 20.9. The van der Waals surface area contributed by atoms with Crippen LogP contribution in [0.1, 0.15) is 67.6 Å². The minimum Gasteiger partial charge on any atom is -0.442 e. The largest absolute Gasteiger partial charge is 0.442 e. The van der Waals surface area contributed by atoms with E-state index in [2.05, 4.69) is 16.9 Å². The molecule has 3 atom stereocenters. The second-order valence-corrected chi connectivity index (χ2v) is 8.11. The van der Waals surface area contributed by atoms with Gasteiger partial charge in [0.2, 0.25) is 11.9 Å². The van der Waals surface area contributed by atoms with Crippen LogP contribution in [0.5, 0.6) is 0 Å². The molecule has 0 saturated carbocycles. The van der Waals surface area contributed by atoms with Crippen LogP contribution in [0.2, 0.25) is 0 Å². The number of hydrogen-bond acceptors (Lipinski definition) is 4. The number of aliphatic imine (C=N–C) groups is 1. The van der Waals surface area contributed by atoms with E-state index in [4.69, 9.17) is 10.8 Å². The Morgan fingerprint density at radius 3 is 2.89 bits per heavy atom. The van der Waals surface area contributed by atoms with Crippen LogP contribution < -0.4 is 5.32 Å². The Kier molecular flexibility index (Phi) is 6.52. The number of ether oxygens (including phenoxy) is 2. The summed E-state index contributed by atoms with van der Waals surface area (Å²) >= 11 is 0. The van der Waals surface area contributed by atoms with Gasteiger partial charge in [-0.1, -0.05) is 13.0 Å². The van der Waals surface area contributed by atoms with Gasteiger partial charge in [0.25, 0.3) is 0 Å². The summed E-state index contributed by atoms with van der Waals surface area (Å²) in [6.07, 6.45) is 3.44. The molecule has 0 aromatic heterocycles. The number of amides is 2. The summed E-state index contributed by atoms with van der Waals surface area (Å²) in [4.78, 5) is 31.1. The Morgan fingerprint density at radius 2 is 2.30 bits per heavy atom. The third kappa shape index (κ3) is 5.79. The Balaban J connectivity index is 2.37. The summed E-state index contributed by atoms with van der Waals surface area (Å²) in [6.45, 7) is 11.8. The molecule has 2 rings (SSSR count). The normalized spacial score (nSPS) is 31.3. The molecule has 7 heteroatoms. The Morgan fingerprint density at radius 1 is 1.56 bits per heavy atom. The fourth-order valence-electron chi connectivity index (χ4n) is 3.37. The minimum atomic E-state index is -0.753. The molecule has 0 bridgehead atoms. The molecule has 2 unspecified atom stereocenters. The van der Waals surface area contributed by atoms with Crippen LogP contribution in [0.4, 0.5) is 4.79 Å². The highest BCUT2D eigenvalue weighted by molar-refractivity contribution is 6.04. The number of hydrogen-bond donors (Lipinski definition) is 1. The van der Waals surface area contributed by atoms with Crippen molar-refractivity contribution in [3.8, 4) is 0 Å². The first kappa shape index (κ1) is 19.9. The van der Waals surface area contributed by atoms with Gasteiger partial charge in [0.15, 0.2) is 0 Å². The molecule has 0 radical (unpaired) electrons. The average molecular weight is 381 g/mol. The van der Waals surface area contributed by atoms with Crippen LogP contribution in [0.3, 0.4) is 0 Å². The second kappa shape index (κ2) is 8.87. The molecule has 2 amide bonds. The lowest BCUT2D eigenvalue weighted by Crippen LogP contribution is -2.65. The van der Waals surface area contributed by atoms with Gasteiger partial charge in [-0.05, 0) is 52.9 Å². The van der Waals surface area contributed by atoms with E-state index < -0.39 is 23.6 Å². The fourth-order valence-corrected chi connectivity index (χ4v) is 3.37. The standard InChI is InChI=1S/C20H33N3O4/c1-6-8-11-20(7-2)14-16(24)23(15-9-12-26-13-10-15)17(22-20)21-18(25)27-19(3,4)5/h6,15H,1,7-14H2,2-5H3,(H,21,22,25)/t20-/m1/s1/i9D/t9?,15?,20-. The van der Waals surface area contributed by atoms with Crippen LogP contribution >= 0.6 is 0 Å². The van der Waals surface area contributed by atoms with E-state index in [9.17, 15) is 9.59 Å². The van der Waals surface area contributed by atoms with Crippen molar-refractivity contribution in [2.75, 3.05) is 13.2 Å². The summed E-state index contributed by atoms with van der Waals surface area (Å²) in [6, 6.07) is -0.385. The number of carbonyl (C=O) groups excluding carboxylic acids is 2. The van der Waals surface area contributed by atoms with E-state index in [1.165, 1.54) is 4.90 Å². The maximum Gasteiger partial charge on any atom is 0.437 e. The van der Waals surface area contributed by atoms with Gasteiger partial charge in [-0.2, -0.15) is 0 Å². The van der Waals surface area contributed by atoms with Crippen molar-refractivity contribution in [2.45, 2.75) is 83.4 Å². The first-order valence-electron chi connectivity index (χ1n) is 10.2. The van der Waals surface area contributed by atoms with Gasteiger partial charge in [-0.25, -0.2) is 4.79 Å². The van der Waals surface area contributed by atoms with Gasteiger partial charge in [-0.15, -0.1) is 11.6 Å². The Bertz CT molecular complexity index is 631. The summed E-state index contributed by atoms with van der Waals surface area (Å²) in [5, 5.41) is 3.35. The van der Waals surface area contributed by atoms with Gasteiger partial charge in [0.1, 0.15) is 5.60 Å². The third-order valence-corrected chi connectivity index (χ3v) is 4.83. The molecular weight excluding hydrogens is 346 g/mol. The molecule has 0 aromatic rings. The fraction of sp³-hybridized carbons (Fsp3) is 0.750. The number of allylic oxidation sites excluding steroid dienone is 1. The monoisotopic (exact) mass is 380 g/mol. The van der Waals surface area contributed by atoms with Gasteiger partial charge in [0.05, 0.1) is 6.42 Å². The molecule has 2 aliphatic rings. The summed E-state index contributed by atoms with van der Waals surface area (Å²) in [7, 11) is 0. The molecule has 7 nitrogen and oxygen atoms in total. The highest BCUT2D eigenvalue weighted by Gasteiger charge is 2.43. The number of rotatable bonds is 5. The van der Waals surface area contributed by atoms with Crippen molar-refractivity contribution in [3.05, 3.63) is 12.7 Å². The smallest absolute Gasteiger partial charge is 0.437 e. The zero-order valence-corrected chi connectivity index (χ0v) is 16.9. The van der Waals surface area contributed by atoms with E-state index in [1.54, 1.807) is 20.8 Å². The molecule has 27 heavy (non-hydrogen) atoms. The van der Waals surface area contributed by atoms with Gasteiger partial charge < -0.3 is 14.8 Å². The Hall–Kier alpha value is -1.89. The quantitative estimate of drug-likeness (QED) is 0.740. The molecule has 0 aromatic carbocycles. The van der Waals surface area contributed by atoms with Crippen LogP contribution in [0.25, 0.3) is 0 Å². The van der Waals surface area contributed by atoms with Crippen molar-refractivity contribution in [1.29, 1.82) is 0 Å². The van der Waals surface area contributed by atoms with Gasteiger partial charge >= 0.3 is 6.09 Å². The van der Waals surface area contributed by atoms with E-state index in [1.807, 2.05) is 13.0 Å². The van der Waals surface area contributed by atoms with Crippen LogP contribution in [-0.2, 0) is 14.3 Å². The maximum absolute atomic E-state index is 13.2. The third-order valence-electron chi connectivity index (χ3n) is 4.83. The van der Waals surface area contributed by atoms with Crippen molar-refractivity contribution in [3.63, 3.8) is 0 Å². The zero-order valence-electron chi connectivity index (χ0n) is 17.9. The SMILES string of the molecule is [2H]C1COCCC1N1C(=O)C[C@@](CC)(CCC=C)N/C1=N\C(=O)OC(C)(C)C. The molecular formula is C20H33N3O4. The number of nitrogens with zero attached hydrogens (tertiary/aromatic N) is 2. The topological polar surface area (TPSA) is 80.2 Å². The van der Waals surface area contributed by atoms with Gasteiger partial charge in [0, 0.05) is 26.2 Å². The van der Waals surface area contributed by atoms with E-state index in [0.29, 0.717) is 25.9 Å². The molecule has 2 fully saturated rings. The lowest BCUT2D eigenvalue weighted by molar-refractivity contribution is -0.134. The molecule has 2 heterocycles. The average Bonchev–Trinajstić information content (AvgIpc) is 2.59. The number of nitrogens with one attached hydrogen (secondary N) is 1. The molecule has 2 saturated heterocycles.